The van der Waals surface area contributed by atoms with Gasteiger partial charge >= 0.3 is 11.9 Å². The van der Waals surface area contributed by atoms with Crippen LogP contribution < -0.4 is 0 Å². The number of carbonyl (C=O) groups is 2. The fourth-order valence-electron chi connectivity index (χ4n) is 1.98. The molecule has 24 heavy (non-hydrogen) atoms. The summed E-state index contributed by atoms with van der Waals surface area (Å²) in [4.78, 5) is 44.1. The van der Waals surface area contributed by atoms with Crippen molar-refractivity contribution < 1.29 is 24.2 Å². The van der Waals surface area contributed by atoms with Gasteiger partial charge in [0.25, 0.3) is 11.4 Å². The van der Waals surface area contributed by atoms with E-state index in [1.54, 1.807) is 0 Å². The number of carbonyl (C=O) groups excluding carboxylic acids is 2. The van der Waals surface area contributed by atoms with Crippen LogP contribution in [-0.4, -0.2) is 21.8 Å². The molecule has 0 fully saturated rings. The molecule has 0 unspecified atom stereocenters. The average Bonchev–Trinajstić information content (AvgIpc) is 2.54. The van der Waals surface area contributed by atoms with E-state index in [2.05, 4.69) is 4.74 Å². The maximum Gasteiger partial charge on any atom is 0.353 e. The Morgan fingerprint density at radius 1 is 0.917 bits per heavy atom. The van der Waals surface area contributed by atoms with Crippen molar-refractivity contribution in [1.82, 2.24) is 0 Å². The highest BCUT2D eigenvalue weighted by atomic mass is 16.6. The summed E-state index contributed by atoms with van der Waals surface area (Å²) in [5, 5.41) is 21.6. The number of nitro groups is 2. The maximum atomic E-state index is 12.0. The second-order valence-corrected chi connectivity index (χ2v) is 4.71. The van der Waals surface area contributed by atoms with Crippen molar-refractivity contribution in [2.24, 2.45) is 0 Å². The Morgan fingerprint density at radius 3 is 2.08 bits per heavy atom. The molecule has 0 aliphatic carbocycles. The summed E-state index contributed by atoms with van der Waals surface area (Å²) in [6.07, 6.45) is 0. The normalized spacial score (nSPS) is 10.0. The molecule has 9 heteroatoms. The zero-order chi connectivity index (χ0) is 17.9. The number of aryl methyl sites for hydroxylation is 1. The number of rotatable bonds is 4. The summed E-state index contributed by atoms with van der Waals surface area (Å²) in [7, 11) is 0. The summed E-state index contributed by atoms with van der Waals surface area (Å²) in [5.41, 5.74) is -0.872. The second kappa shape index (κ2) is 6.65. The van der Waals surface area contributed by atoms with Gasteiger partial charge in [-0.2, -0.15) is 0 Å². The molecule has 2 aromatic rings. The molecule has 0 spiro atoms. The van der Waals surface area contributed by atoms with Crippen LogP contribution in [0.15, 0.2) is 42.5 Å². The quantitative estimate of drug-likeness (QED) is 0.364. The van der Waals surface area contributed by atoms with Crippen molar-refractivity contribution in [3.8, 4) is 0 Å². The van der Waals surface area contributed by atoms with Crippen molar-refractivity contribution in [1.29, 1.82) is 0 Å². The van der Waals surface area contributed by atoms with E-state index in [9.17, 15) is 29.8 Å². The van der Waals surface area contributed by atoms with E-state index in [0.29, 0.717) is 0 Å². The second-order valence-electron chi connectivity index (χ2n) is 4.71. The minimum absolute atomic E-state index is 0.0933. The molecule has 0 heterocycles. The van der Waals surface area contributed by atoms with Gasteiger partial charge in [0.1, 0.15) is 5.56 Å². The van der Waals surface area contributed by atoms with Crippen LogP contribution in [-0.2, 0) is 4.74 Å². The molecule has 0 aromatic heterocycles. The smallest absolute Gasteiger partial charge is 0.353 e. The molecule has 122 valence electrons. The molecular formula is C15H10N2O7. The largest absolute Gasteiger partial charge is 0.386 e. The van der Waals surface area contributed by atoms with Crippen LogP contribution in [0.3, 0.4) is 0 Å². The van der Waals surface area contributed by atoms with E-state index in [1.165, 1.54) is 25.1 Å². The Hall–Kier alpha value is -3.62. The third-order valence-corrected chi connectivity index (χ3v) is 3.14. The highest BCUT2D eigenvalue weighted by molar-refractivity contribution is 6.04. The summed E-state index contributed by atoms with van der Waals surface area (Å²) in [5.74, 6) is -2.24. The minimum atomic E-state index is -1.17. The summed E-state index contributed by atoms with van der Waals surface area (Å²) in [6, 6.07) is 8.46. The van der Waals surface area contributed by atoms with Crippen LogP contribution in [0.25, 0.3) is 0 Å². The Kier molecular flexibility index (Phi) is 4.64. The highest BCUT2D eigenvalue weighted by Gasteiger charge is 2.26. The fourth-order valence-corrected chi connectivity index (χ4v) is 1.98. The van der Waals surface area contributed by atoms with Gasteiger partial charge in [-0.25, -0.2) is 9.59 Å². The number of ether oxygens (including phenoxy) is 1. The molecule has 2 aromatic carbocycles. The van der Waals surface area contributed by atoms with Crippen molar-refractivity contribution in [3.05, 3.63) is 79.4 Å². The van der Waals surface area contributed by atoms with Gasteiger partial charge in [-0.05, 0) is 25.1 Å². The zero-order valence-corrected chi connectivity index (χ0v) is 12.3. The van der Waals surface area contributed by atoms with E-state index in [4.69, 9.17) is 0 Å². The third kappa shape index (κ3) is 3.40. The molecular weight excluding hydrogens is 320 g/mol. The maximum absolute atomic E-state index is 12.0. The van der Waals surface area contributed by atoms with Gasteiger partial charge in [0.15, 0.2) is 0 Å². The Balaban J connectivity index is 2.24. The topological polar surface area (TPSA) is 130 Å². The Bertz CT molecular complexity index is 843. The van der Waals surface area contributed by atoms with Crippen LogP contribution in [0.1, 0.15) is 26.3 Å². The first-order valence-corrected chi connectivity index (χ1v) is 6.56. The Morgan fingerprint density at radius 2 is 1.54 bits per heavy atom. The van der Waals surface area contributed by atoms with Crippen molar-refractivity contribution in [3.63, 3.8) is 0 Å². The number of nitrogens with zero attached hydrogens (tertiary/aromatic N) is 2. The van der Waals surface area contributed by atoms with Gasteiger partial charge in [0.05, 0.1) is 15.4 Å². The number of hydrogen-bond acceptors (Lipinski definition) is 7. The molecule has 0 atom stereocenters. The molecule has 9 nitrogen and oxygen atoms in total. The number of benzene rings is 2. The lowest BCUT2D eigenvalue weighted by Gasteiger charge is -2.05. The van der Waals surface area contributed by atoms with Gasteiger partial charge < -0.3 is 4.74 Å². The summed E-state index contributed by atoms with van der Waals surface area (Å²) >= 11 is 0. The van der Waals surface area contributed by atoms with Crippen LogP contribution >= 0.6 is 0 Å². The third-order valence-electron chi connectivity index (χ3n) is 3.14. The van der Waals surface area contributed by atoms with E-state index in [0.717, 1.165) is 24.3 Å². The lowest BCUT2D eigenvalue weighted by atomic mass is 10.1. The van der Waals surface area contributed by atoms with E-state index >= 15 is 0 Å². The van der Waals surface area contributed by atoms with Gasteiger partial charge in [-0.1, -0.05) is 12.1 Å². The molecule has 0 amide bonds. The van der Waals surface area contributed by atoms with Crippen LogP contribution in [0.2, 0.25) is 0 Å². The molecule has 0 saturated carbocycles. The van der Waals surface area contributed by atoms with Crippen LogP contribution in [0.4, 0.5) is 11.4 Å². The fraction of sp³-hybridized carbons (Fsp3) is 0.0667. The molecule has 0 aliphatic rings. The average molecular weight is 330 g/mol. The first-order chi connectivity index (χ1) is 11.3. The van der Waals surface area contributed by atoms with Crippen molar-refractivity contribution in [2.75, 3.05) is 0 Å². The van der Waals surface area contributed by atoms with Gasteiger partial charge in [0, 0.05) is 17.7 Å². The predicted molar refractivity (Wildman–Crippen MR) is 80.7 cm³/mol. The minimum Gasteiger partial charge on any atom is -0.386 e. The van der Waals surface area contributed by atoms with Gasteiger partial charge in [0.2, 0.25) is 0 Å². The molecule has 0 bridgehead atoms. The van der Waals surface area contributed by atoms with Gasteiger partial charge in [-0.15, -0.1) is 0 Å². The lowest BCUT2D eigenvalue weighted by Crippen LogP contribution is -2.14. The van der Waals surface area contributed by atoms with Crippen molar-refractivity contribution >= 4 is 23.3 Å². The lowest BCUT2D eigenvalue weighted by molar-refractivity contribution is -0.385. The molecule has 0 N–H and O–H groups in total. The molecule has 2 rings (SSSR count). The van der Waals surface area contributed by atoms with Crippen LogP contribution in [0, 0.1) is 27.2 Å². The van der Waals surface area contributed by atoms with E-state index in [1.807, 2.05) is 0 Å². The highest BCUT2D eigenvalue weighted by Crippen LogP contribution is 2.24. The number of hydrogen-bond donors (Lipinski definition) is 0. The van der Waals surface area contributed by atoms with E-state index < -0.39 is 27.5 Å². The predicted octanol–water partition coefficient (Wildman–Crippen LogP) is 2.81. The van der Waals surface area contributed by atoms with Crippen molar-refractivity contribution in [2.45, 2.75) is 6.92 Å². The van der Waals surface area contributed by atoms with Crippen LogP contribution in [0.5, 0.6) is 0 Å². The number of non-ortho nitro benzene ring substituents is 1. The summed E-state index contributed by atoms with van der Waals surface area (Å²) in [6.45, 7) is 1.45. The molecule has 0 radical (unpaired) electrons. The van der Waals surface area contributed by atoms with E-state index in [-0.39, 0.29) is 22.4 Å². The first-order valence-electron chi connectivity index (χ1n) is 6.56. The Labute approximate surface area is 134 Å². The number of para-hydroxylation sites is 1. The van der Waals surface area contributed by atoms with Gasteiger partial charge in [-0.3, -0.25) is 20.2 Å². The standard InChI is InChI=1S/C15H10N2O7/c1-9-3-2-4-12(13(9)17(22)23)15(19)24-14(18)10-5-7-11(8-6-10)16(20)21/h2-8H,1H3. The number of esters is 2. The SMILES string of the molecule is Cc1cccc(C(=O)OC(=O)c2ccc([N+](=O)[O-])cc2)c1[N+](=O)[O-]. The molecule has 0 saturated heterocycles. The molecule has 0 aliphatic heterocycles. The number of nitro benzene ring substituents is 2. The monoisotopic (exact) mass is 330 g/mol. The summed E-state index contributed by atoms with van der Waals surface area (Å²) < 4.78 is 4.62. The first kappa shape index (κ1) is 16.7. The zero-order valence-electron chi connectivity index (χ0n) is 12.3.